The molecule has 2 amide bonds. The molecule has 4 rings (SSSR count). The van der Waals surface area contributed by atoms with Crippen LogP contribution in [0.4, 0.5) is 5.69 Å². The van der Waals surface area contributed by atoms with E-state index in [-0.39, 0.29) is 30.8 Å². The summed E-state index contributed by atoms with van der Waals surface area (Å²) in [7, 11) is 0. The second-order valence-corrected chi connectivity index (χ2v) is 7.33. The first-order valence-corrected chi connectivity index (χ1v) is 9.88. The number of hydrogen-bond acceptors (Lipinski definition) is 6. The Bertz CT molecular complexity index is 1170. The van der Waals surface area contributed by atoms with Gasteiger partial charge in [0.1, 0.15) is 13.2 Å². The Balaban J connectivity index is 1.41. The van der Waals surface area contributed by atoms with Crippen molar-refractivity contribution in [3.8, 4) is 17.4 Å². The van der Waals surface area contributed by atoms with Crippen LogP contribution in [0.15, 0.2) is 58.8 Å². The molecule has 1 aliphatic heterocycles. The number of azo groups is 1. The largest absolute Gasteiger partial charge is 0.493 e. The van der Waals surface area contributed by atoms with Crippen molar-refractivity contribution in [1.29, 1.82) is 0 Å². The first-order chi connectivity index (χ1) is 15.0. The summed E-state index contributed by atoms with van der Waals surface area (Å²) in [6.07, 6.45) is -0.868. The van der Waals surface area contributed by atoms with Crippen molar-refractivity contribution >= 4 is 28.4 Å². The molecule has 0 spiro atoms. The fourth-order valence-electron chi connectivity index (χ4n) is 3.42. The summed E-state index contributed by atoms with van der Waals surface area (Å²) >= 11 is 0. The molecule has 3 aromatic rings. The molecule has 2 N–H and O–H groups in total. The van der Waals surface area contributed by atoms with Crippen LogP contribution in [-0.4, -0.2) is 40.7 Å². The monoisotopic (exact) mass is 422 g/mol. The average molecular weight is 422 g/mol. The zero-order valence-electron chi connectivity index (χ0n) is 17.1. The smallest absolute Gasteiger partial charge is 0.283 e. The highest BCUT2D eigenvalue weighted by Gasteiger charge is 2.27. The summed E-state index contributed by atoms with van der Waals surface area (Å²) in [5.74, 6) is -0.180. The second-order valence-electron chi connectivity index (χ2n) is 7.33. The summed E-state index contributed by atoms with van der Waals surface area (Å²) < 4.78 is 12.8. The van der Waals surface area contributed by atoms with Crippen LogP contribution in [0, 0.1) is 0 Å². The standard InChI is InChI=1S/C22H22N4O5/c1-13(2)26-15-8-4-3-7-14(15)20(22(26)29)25-24-19(27)11-23-21(28)18-12-30-16-9-5-6-10-17(16)31-18/h3-10,13,18,29H,11-12H2,1-2H3,(H,23,28)/t18-/m1/s1. The van der Waals surface area contributed by atoms with E-state index in [9.17, 15) is 14.7 Å². The fourth-order valence-corrected chi connectivity index (χ4v) is 3.42. The number of nitrogens with one attached hydrogen (secondary N) is 1. The third kappa shape index (κ3) is 4.07. The number of para-hydroxylation sites is 3. The highest BCUT2D eigenvalue weighted by molar-refractivity contribution is 5.95. The summed E-state index contributed by atoms with van der Waals surface area (Å²) in [6.45, 7) is 3.56. The van der Waals surface area contributed by atoms with Gasteiger partial charge in [-0.2, -0.15) is 0 Å². The lowest BCUT2D eigenvalue weighted by atomic mass is 10.2. The van der Waals surface area contributed by atoms with Crippen molar-refractivity contribution in [1.82, 2.24) is 9.88 Å². The molecule has 1 aliphatic rings. The zero-order valence-corrected chi connectivity index (χ0v) is 17.1. The lowest BCUT2D eigenvalue weighted by Crippen LogP contribution is -2.45. The lowest BCUT2D eigenvalue weighted by molar-refractivity contribution is -0.132. The van der Waals surface area contributed by atoms with Gasteiger partial charge in [0.25, 0.3) is 11.8 Å². The molecule has 1 aromatic heterocycles. The topological polar surface area (TPSA) is 115 Å². The first kappa shape index (κ1) is 20.4. The van der Waals surface area contributed by atoms with Crippen LogP contribution in [0.25, 0.3) is 10.9 Å². The minimum absolute atomic E-state index is 0.00770. The number of fused-ring (bicyclic) bond motifs is 2. The molecule has 0 aliphatic carbocycles. The molecule has 0 fully saturated rings. The number of hydrogen-bond donors (Lipinski definition) is 2. The molecular formula is C22H22N4O5. The van der Waals surface area contributed by atoms with Gasteiger partial charge in [-0.25, -0.2) is 0 Å². The molecule has 160 valence electrons. The first-order valence-electron chi connectivity index (χ1n) is 9.88. The predicted molar refractivity (Wildman–Crippen MR) is 113 cm³/mol. The molecule has 0 radical (unpaired) electrons. The number of aromatic hydroxyl groups is 1. The van der Waals surface area contributed by atoms with Gasteiger partial charge < -0.3 is 24.5 Å². The van der Waals surface area contributed by atoms with E-state index >= 15 is 0 Å². The Labute approximate surface area is 178 Å². The van der Waals surface area contributed by atoms with E-state index in [0.717, 1.165) is 5.52 Å². The summed E-state index contributed by atoms with van der Waals surface area (Å²) in [5, 5.41) is 21.3. The molecule has 2 heterocycles. The summed E-state index contributed by atoms with van der Waals surface area (Å²) in [5.41, 5.74) is 1.00. The minimum Gasteiger partial charge on any atom is -0.493 e. The average Bonchev–Trinajstić information content (AvgIpc) is 3.06. The van der Waals surface area contributed by atoms with Crippen LogP contribution < -0.4 is 14.8 Å². The molecule has 9 heteroatoms. The number of rotatable bonds is 5. The van der Waals surface area contributed by atoms with E-state index in [4.69, 9.17) is 9.47 Å². The number of carbonyl (C=O) groups excluding carboxylic acids is 2. The van der Waals surface area contributed by atoms with E-state index < -0.39 is 17.9 Å². The Morgan fingerprint density at radius 2 is 1.87 bits per heavy atom. The van der Waals surface area contributed by atoms with E-state index in [1.165, 1.54) is 0 Å². The zero-order chi connectivity index (χ0) is 22.0. The van der Waals surface area contributed by atoms with Crippen molar-refractivity contribution < 1.29 is 24.2 Å². The fraction of sp³-hybridized carbons (Fsp3) is 0.273. The minimum atomic E-state index is -0.868. The van der Waals surface area contributed by atoms with Gasteiger partial charge in [0.05, 0.1) is 5.52 Å². The number of nitrogens with zero attached hydrogens (tertiary/aromatic N) is 3. The maximum absolute atomic E-state index is 12.3. The molecule has 0 saturated carbocycles. The maximum Gasteiger partial charge on any atom is 0.283 e. The van der Waals surface area contributed by atoms with Gasteiger partial charge in [-0.1, -0.05) is 30.3 Å². The van der Waals surface area contributed by atoms with Gasteiger partial charge in [-0.05, 0) is 32.0 Å². The van der Waals surface area contributed by atoms with Gasteiger partial charge >= 0.3 is 0 Å². The van der Waals surface area contributed by atoms with E-state index in [2.05, 4.69) is 15.5 Å². The van der Waals surface area contributed by atoms with Gasteiger partial charge in [0.2, 0.25) is 12.0 Å². The molecule has 0 bridgehead atoms. The van der Waals surface area contributed by atoms with Gasteiger partial charge in [-0.15, -0.1) is 10.2 Å². The SMILES string of the molecule is CC(C)n1c(O)c(N=NC(=O)CNC(=O)[C@H]2COc3ccccc3O2)c2ccccc21. The third-order valence-corrected chi connectivity index (χ3v) is 4.85. The van der Waals surface area contributed by atoms with Crippen molar-refractivity contribution in [2.24, 2.45) is 10.2 Å². The van der Waals surface area contributed by atoms with Crippen LogP contribution in [-0.2, 0) is 9.59 Å². The molecule has 2 aromatic carbocycles. The van der Waals surface area contributed by atoms with Crippen molar-refractivity contribution in [3.63, 3.8) is 0 Å². The Morgan fingerprint density at radius 1 is 1.16 bits per heavy atom. The molecular weight excluding hydrogens is 400 g/mol. The van der Waals surface area contributed by atoms with E-state index in [1.807, 2.05) is 38.1 Å². The quantitative estimate of drug-likeness (QED) is 0.611. The lowest BCUT2D eigenvalue weighted by Gasteiger charge is -2.25. The van der Waals surface area contributed by atoms with E-state index in [0.29, 0.717) is 16.9 Å². The molecule has 1 atom stereocenters. The Hall–Kier alpha value is -3.88. The number of aromatic nitrogens is 1. The maximum atomic E-state index is 12.3. The van der Waals surface area contributed by atoms with Gasteiger partial charge in [0.15, 0.2) is 17.2 Å². The summed E-state index contributed by atoms with van der Waals surface area (Å²) in [6, 6.07) is 14.4. The number of amides is 2. The Kier molecular flexibility index (Phi) is 5.57. The molecule has 0 saturated heterocycles. The normalized spacial score (nSPS) is 15.5. The number of benzene rings is 2. The predicted octanol–water partition coefficient (Wildman–Crippen LogP) is 3.49. The third-order valence-electron chi connectivity index (χ3n) is 4.85. The highest BCUT2D eigenvalue weighted by Crippen LogP contribution is 2.40. The van der Waals surface area contributed by atoms with Crippen LogP contribution >= 0.6 is 0 Å². The number of ether oxygens (including phenoxy) is 2. The van der Waals surface area contributed by atoms with Gasteiger partial charge in [-0.3, -0.25) is 9.59 Å². The van der Waals surface area contributed by atoms with Crippen LogP contribution in [0.5, 0.6) is 17.4 Å². The summed E-state index contributed by atoms with van der Waals surface area (Å²) in [4.78, 5) is 24.5. The molecule has 0 unspecified atom stereocenters. The number of carbonyl (C=O) groups is 2. The van der Waals surface area contributed by atoms with Crippen LogP contribution in [0.3, 0.4) is 0 Å². The Morgan fingerprint density at radius 3 is 2.65 bits per heavy atom. The van der Waals surface area contributed by atoms with Crippen molar-refractivity contribution in [3.05, 3.63) is 48.5 Å². The van der Waals surface area contributed by atoms with Gasteiger partial charge in [0, 0.05) is 11.4 Å². The highest BCUT2D eigenvalue weighted by atomic mass is 16.6. The van der Waals surface area contributed by atoms with Crippen LogP contribution in [0.1, 0.15) is 19.9 Å². The van der Waals surface area contributed by atoms with Crippen molar-refractivity contribution in [2.45, 2.75) is 26.0 Å². The van der Waals surface area contributed by atoms with E-state index in [1.54, 1.807) is 28.8 Å². The molecule has 9 nitrogen and oxygen atoms in total. The van der Waals surface area contributed by atoms with Crippen molar-refractivity contribution in [2.75, 3.05) is 13.2 Å². The second kappa shape index (κ2) is 8.47. The molecule has 31 heavy (non-hydrogen) atoms. The van der Waals surface area contributed by atoms with Crippen LogP contribution in [0.2, 0.25) is 0 Å².